The van der Waals surface area contributed by atoms with Gasteiger partial charge in [0, 0.05) is 18.1 Å². The monoisotopic (exact) mass is 423 g/mol. The van der Waals surface area contributed by atoms with E-state index in [1.807, 2.05) is 0 Å². The maximum absolute atomic E-state index is 12.6. The molecule has 0 radical (unpaired) electrons. The summed E-state index contributed by atoms with van der Waals surface area (Å²) in [5.41, 5.74) is 7.09. The van der Waals surface area contributed by atoms with E-state index in [0.29, 0.717) is 58.3 Å². The van der Waals surface area contributed by atoms with Crippen molar-refractivity contribution in [2.45, 2.75) is 25.6 Å². The van der Waals surface area contributed by atoms with E-state index in [-0.39, 0.29) is 23.4 Å². The van der Waals surface area contributed by atoms with Crippen LogP contribution in [-0.2, 0) is 9.53 Å². The Hall–Kier alpha value is -3.68. The third-order valence-corrected chi connectivity index (χ3v) is 5.68. The predicted octanol–water partition coefficient (Wildman–Crippen LogP) is 3.14. The number of esters is 1. The summed E-state index contributed by atoms with van der Waals surface area (Å²) >= 11 is 0. The summed E-state index contributed by atoms with van der Waals surface area (Å²) in [7, 11) is 1.51. The van der Waals surface area contributed by atoms with E-state index in [0.717, 1.165) is 0 Å². The smallest absolute Gasteiger partial charge is 0.312 e. The molecule has 8 heteroatoms. The average Bonchev–Trinajstić information content (AvgIpc) is 2.75. The van der Waals surface area contributed by atoms with Crippen molar-refractivity contribution in [3.8, 4) is 28.6 Å². The zero-order valence-corrected chi connectivity index (χ0v) is 17.0. The maximum Gasteiger partial charge on any atom is 0.312 e. The van der Waals surface area contributed by atoms with E-state index >= 15 is 0 Å². The van der Waals surface area contributed by atoms with Gasteiger partial charge in [-0.3, -0.25) is 9.59 Å². The highest BCUT2D eigenvalue weighted by molar-refractivity contribution is 5.88. The Morgan fingerprint density at radius 3 is 2.84 bits per heavy atom. The summed E-state index contributed by atoms with van der Waals surface area (Å²) in [5, 5.41) is 0.413. The summed E-state index contributed by atoms with van der Waals surface area (Å²) in [6, 6.07) is 9.90. The molecule has 0 amide bonds. The van der Waals surface area contributed by atoms with Crippen molar-refractivity contribution in [3.05, 3.63) is 46.6 Å². The quantitative estimate of drug-likeness (QED) is 0.503. The minimum Gasteiger partial charge on any atom is -0.493 e. The number of nitrogens with two attached hydrogens (primary N) is 1. The van der Waals surface area contributed by atoms with Crippen LogP contribution in [0.1, 0.15) is 13.3 Å². The molecule has 160 valence electrons. The van der Waals surface area contributed by atoms with Gasteiger partial charge in [0.05, 0.1) is 24.8 Å². The predicted molar refractivity (Wildman–Crippen MR) is 112 cm³/mol. The molecule has 0 spiro atoms. The van der Waals surface area contributed by atoms with Gasteiger partial charge in [-0.15, -0.1) is 0 Å². The number of hydrogen-bond donors (Lipinski definition) is 1. The van der Waals surface area contributed by atoms with Crippen LogP contribution in [-0.4, -0.2) is 31.9 Å². The average molecular weight is 423 g/mol. The molecule has 1 unspecified atom stereocenters. The van der Waals surface area contributed by atoms with Crippen LogP contribution in [0.5, 0.6) is 17.2 Å². The summed E-state index contributed by atoms with van der Waals surface area (Å²) in [5.74, 6) is 0.946. The second-order valence-corrected chi connectivity index (χ2v) is 7.54. The van der Waals surface area contributed by atoms with Gasteiger partial charge in [0.15, 0.2) is 22.5 Å². The van der Waals surface area contributed by atoms with Crippen molar-refractivity contribution in [1.29, 1.82) is 0 Å². The van der Waals surface area contributed by atoms with Crippen molar-refractivity contribution in [2.75, 3.05) is 19.5 Å². The van der Waals surface area contributed by atoms with Gasteiger partial charge < -0.3 is 29.1 Å². The van der Waals surface area contributed by atoms with Crippen LogP contribution in [0, 0.1) is 5.92 Å². The topological polar surface area (TPSA) is 110 Å². The molecule has 8 nitrogen and oxygen atoms in total. The van der Waals surface area contributed by atoms with Crippen LogP contribution in [0.3, 0.4) is 0 Å². The summed E-state index contributed by atoms with van der Waals surface area (Å²) in [6.07, 6.45) is -0.178. The van der Waals surface area contributed by atoms with Gasteiger partial charge in [-0.2, -0.15) is 0 Å². The van der Waals surface area contributed by atoms with Gasteiger partial charge in [0.2, 0.25) is 5.75 Å². The molecule has 31 heavy (non-hydrogen) atoms. The Morgan fingerprint density at radius 2 is 2.06 bits per heavy atom. The molecule has 5 rings (SSSR count). The van der Waals surface area contributed by atoms with Crippen LogP contribution in [0.15, 0.2) is 45.6 Å². The van der Waals surface area contributed by atoms with Crippen molar-refractivity contribution in [1.82, 2.24) is 0 Å². The fourth-order valence-electron chi connectivity index (χ4n) is 4.05. The first-order chi connectivity index (χ1) is 15.0. The molecule has 2 aromatic carbocycles. The fraction of sp³-hybridized carbons (Fsp3) is 0.304. The maximum atomic E-state index is 12.6. The molecule has 1 fully saturated rings. The van der Waals surface area contributed by atoms with Crippen LogP contribution in [0.25, 0.3) is 22.3 Å². The molecule has 1 aliphatic carbocycles. The number of carbonyl (C=O) groups is 1. The zero-order chi connectivity index (χ0) is 21.7. The standard InChI is InChI=1S/C23H21NO7/c1-3-28-23(26)13-9-19-21(13)31-22-17(27-2)7-11(8-18(22)29-19)16-10-15(25)12-5-4-6-14(24)20(12)30-16/h4-8,10,13,19,21H,3,9,24H2,1-2H3/t13-,19+,21?/m1/s1. The number of anilines is 1. The number of para-hydroxylation sites is 1. The van der Waals surface area contributed by atoms with Crippen molar-refractivity contribution < 1.29 is 28.2 Å². The summed E-state index contributed by atoms with van der Waals surface area (Å²) in [6.45, 7) is 2.09. The van der Waals surface area contributed by atoms with E-state index < -0.39 is 6.10 Å². The number of benzene rings is 2. The lowest BCUT2D eigenvalue weighted by atomic mass is 9.78. The van der Waals surface area contributed by atoms with Crippen LogP contribution in [0.4, 0.5) is 5.69 Å². The van der Waals surface area contributed by atoms with Crippen molar-refractivity contribution in [2.24, 2.45) is 5.92 Å². The number of ether oxygens (including phenoxy) is 4. The Bertz CT molecular complexity index is 1250. The van der Waals surface area contributed by atoms with Gasteiger partial charge in [0.1, 0.15) is 23.9 Å². The summed E-state index contributed by atoms with van der Waals surface area (Å²) in [4.78, 5) is 24.7. The molecule has 0 bridgehead atoms. The number of hydrogen-bond acceptors (Lipinski definition) is 8. The van der Waals surface area contributed by atoms with Gasteiger partial charge >= 0.3 is 5.97 Å². The molecule has 1 aromatic heterocycles. The van der Waals surface area contributed by atoms with Crippen LogP contribution < -0.4 is 25.4 Å². The Balaban J connectivity index is 1.54. The van der Waals surface area contributed by atoms with Gasteiger partial charge in [-0.1, -0.05) is 6.07 Å². The highest BCUT2D eigenvalue weighted by atomic mass is 16.6. The molecule has 3 atom stereocenters. The van der Waals surface area contributed by atoms with E-state index in [1.165, 1.54) is 13.2 Å². The van der Waals surface area contributed by atoms with Crippen molar-refractivity contribution >= 4 is 22.6 Å². The van der Waals surface area contributed by atoms with Gasteiger partial charge in [-0.05, 0) is 31.2 Å². The molecular weight excluding hydrogens is 402 g/mol. The van der Waals surface area contributed by atoms with Gasteiger partial charge in [-0.25, -0.2) is 0 Å². The van der Waals surface area contributed by atoms with Crippen LogP contribution in [0.2, 0.25) is 0 Å². The van der Waals surface area contributed by atoms with Crippen LogP contribution >= 0.6 is 0 Å². The first-order valence-corrected chi connectivity index (χ1v) is 10.0. The SMILES string of the molecule is CCOC(=O)[C@@H]1C[C@@H]2Oc3cc(-c4cc(=O)c5cccc(N)c5o4)cc(OC)c3OC21. The molecule has 1 saturated carbocycles. The number of nitrogen functional groups attached to an aromatic ring is 1. The molecular formula is C23H21NO7. The van der Waals surface area contributed by atoms with E-state index in [9.17, 15) is 9.59 Å². The van der Waals surface area contributed by atoms with E-state index in [1.54, 1.807) is 37.3 Å². The Morgan fingerprint density at radius 1 is 1.23 bits per heavy atom. The normalized spacial score (nSPS) is 21.2. The largest absolute Gasteiger partial charge is 0.493 e. The van der Waals surface area contributed by atoms with E-state index in [4.69, 9.17) is 29.1 Å². The number of fused-ring (bicyclic) bond motifs is 3. The second-order valence-electron chi connectivity index (χ2n) is 7.54. The molecule has 2 N–H and O–H groups in total. The first kappa shape index (κ1) is 19.3. The molecule has 2 aliphatic rings. The highest BCUT2D eigenvalue weighted by Gasteiger charge is 2.53. The molecule has 1 aliphatic heterocycles. The highest BCUT2D eigenvalue weighted by Crippen LogP contribution is 2.50. The zero-order valence-electron chi connectivity index (χ0n) is 17.0. The lowest BCUT2D eigenvalue weighted by Crippen LogP contribution is -2.58. The lowest BCUT2D eigenvalue weighted by Gasteiger charge is -2.45. The first-order valence-electron chi connectivity index (χ1n) is 10.0. The Kier molecular flexibility index (Phi) is 4.50. The molecule has 2 heterocycles. The fourth-order valence-corrected chi connectivity index (χ4v) is 4.05. The second kappa shape index (κ2) is 7.23. The minimum absolute atomic E-state index is 0.200. The number of rotatable bonds is 4. The van der Waals surface area contributed by atoms with Crippen molar-refractivity contribution in [3.63, 3.8) is 0 Å². The Labute approximate surface area is 177 Å². The molecule has 3 aromatic rings. The van der Waals surface area contributed by atoms with E-state index in [2.05, 4.69) is 0 Å². The van der Waals surface area contributed by atoms with Gasteiger partial charge in [0.25, 0.3) is 0 Å². The molecule has 0 saturated heterocycles. The third-order valence-electron chi connectivity index (χ3n) is 5.68. The minimum atomic E-state index is -0.426. The number of carbonyl (C=O) groups excluding carboxylic acids is 1. The summed E-state index contributed by atoms with van der Waals surface area (Å²) < 4.78 is 28.7. The third kappa shape index (κ3) is 3.06. The number of methoxy groups -OCH3 is 1. The lowest BCUT2D eigenvalue weighted by molar-refractivity contribution is -0.170.